The van der Waals surface area contributed by atoms with Gasteiger partial charge in [-0.15, -0.1) is 0 Å². The van der Waals surface area contributed by atoms with Crippen LogP contribution in [0.25, 0.3) is 0 Å². The SMILES string of the molecule is Cc1cc(CN2CCc3c(C#N)c(Cl)nc(NCC#N)c3C2)cc(OCC(F)F)n1. The summed E-state index contributed by atoms with van der Waals surface area (Å²) in [5, 5.41) is 21.4. The van der Waals surface area contributed by atoms with Crippen molar-refractivity contribution in [2.75, 3.05) is 25.0 Å². The molecule has 0 aliphatic carbocycles. The standard InChI is InChI=1S/C20H19ClF2N6O/c1-12-6-13(7-18(27-12)30-11-17(22)23)9-29-5-2-14-15(8-25)19(21)28-20(16(14)10-29)26-4-3-24/h6-7,17H,2,4-5,9-11H2,1H3,(H,26,28). The molecule has 0 saturated carbocycles. The normalized spacial score (nSPS) is 13.4. The van der Waals surface area contributed by atoms with Gasteiger partial charge in [0.1, 0.15) is 23.6 Å². The van der Waals surface area contributed by atoms with Crippen LogP contribution in [0.15, 0.2) is 12.1 Å². The van der Waals surface area contributed by atoms with Crippen LogP contribution in [0.4, 0.5) is 14.6 Å². The maximum absolute atomic E-state index is 12.4. The summed E-state index contributed by atoms with van der Waals surface area (Å²) in [4.78, 5) is 10.5. The molecule has 156 valence electrons. The Hall–Kier alpha value is -3.01. The zero-order valence-corrected chi connectivity index (χ0v) is 17.0. The summed E-state index contributed by atoms with van der Waals surface area (Å²) in [7, 11) is 0. The minimum Gasteiger partial charge on any atom is -0.472 e. The van der Waals surface area contributed by atoms with Crippen molar-refractivity contribution in [2.45, 2.75) is 32.9 Å². The predicted molar refractivity (Wildman–Crippen MR) is 106 cm³/mol. The summed E-state index contributed by atoms with van der Waals surface area (Å²) in [6.45, 7) is 2.85. The summed E-state index contributed by atoms with van der Waals surface area (Å²) in [6.07, 6.45) is -1.97. The van der Waals surface area contributed by atoms with Gasteiger partial charge < -0.3 is 10.1 Å². The predicted octanol–water partition coefficient (Wildman–Crippen LogP) is 3.45. The van der Waals surface area contributed by atoms with Crippen LogP contribution >= 0.6 is 11.6 Å². The molecule has 7 nitrogen and oxygen atoms in total. The van der Waals surface area contributed by atoms with Crippen molar-refractivity contribution in [1.29, 1.82) is 10.5 Å². The molecule has 0 bridgehead atoms. The van der Waals surface area contributed by atoms with E-state index in [9.17, 15) is 14.0 Å². The number of nitrogens with zero attached hydrogens (tertiary/aromatic N) is 5. The molecule has 1 aliphatic rings. The van der Waals surface area contributed by atoms with E-state index in [1.807, 2.05) is 12.1 Å². The Balaban J connectivity index is 1.83. The average molecular weight is 433 g/mol. The Morgan fingerprint density at radius 2 is 2.10 bits per heavy atom. The minimum atomic E-state index is -2.57. The number of fused-ring (bicyclic) bond motifs is 1. The Bertz CT molecular complexity index is 1020. The molecule has 0 unspecified atom stereocenters. The van der Waals surface area contributed by atoms with Gasteiger partial charge in [-0.1, -0.05) is 11.6 Å². The largest absolute Gasteiger partial charge is 0.472 e. The fraction of sp³-hybridized carbons (Fsp3) is 0.400. The third kappa shape index (κ3) is 5.12. The van der Waals surface area contributed by atoms with E-state index in [1.54, 1.807) is 13.0 Å². The van der Waals surface area contributed by atoms with Gasteiger partial charge in [-0.25, -0.2) is 18.7 Å². The van der Waals surface area contributed by atoms with Crippen molar-refractivity contribution >= 4 is 17.4 Å². The smallest absolute Gasteiger partial charge is 0.272 e. The number of aryl methyl sites for hydroxylation is 1. The summed E-state index contributed by atoms with van der Waals surface area (Å²) >= 11 is 6.15. The van der Waals surface area contributed by atoms with Crippen LogP contribution in [0.1, 0.15) is 27.9 Å². The second kappa shape index (κ2) is 9.66. The van der Waals surface area contributed by atoms with E-state index in [1.165, 1.54) is 0 Å². The van der Waals surface area contributed by atoms with Crippen molar-refractivity contribution in [1.82, 2.24) is 14.9 Å². The number of ether oxygens (including phenoxy) is 1. The number of hydrogen-bond acceptors (Lipinski definition) is 7. The van der Waals surface area contributed by atoms with Gasteiger partial charge in [-0.3, -0.25) is 4.90 Å². The topological polar surface area (TPSA) is 97.9 Å². The van der Waals surface area contributed by atoms with Crippen molar-refractivity contribution in [2.24, 2.45) is 0 Å². The van der Waals surface area contributed by atoms with Gasteiger partial charge >= 0.3 is 0 Å². The molecule has 3 rings (SSSR count). The molecule has 0 amide bonds. The van der Waals surface area contributed by atoms with Gasteiger partial charge in [0, 0.05) is 37.0 Å². The molecule has 0 saturated heterocycles. The third-order valence-corrected chi connectivity index (χ3v) is 4.90. The Morgan fingerprint density at radius 1 is 1.30 bits per heavy atom. The lowest BCUT2D eigenvalue weighted by molar-refractivity contribution is 0.0794. The molecule has 0 fully saturated rings. The van der Waals surface area contributed by atoms with Crippen LogP contribution < -0.4 is 10.1 Å². The van der Waals surface area contributed by atoms with Crippen LogP contribution in [0, 0.1) is 29.6 Å². The molecule has 10 heteroatoms. The lowest BCUT2D eigenvalue weighted by atomic mass is 9.96. The van der Waals surface area contributed by atoms with Crippen LogP contribution in [0.3, 0.4) is 0 Å². The zero-order chi connectivity index (χ0) is 21.7. The van der Waals surface area contributed by atoms with Crippen molar-refractivity contribution in [3.63, 3.8) is 0 Å². The zero-order valence-electron chi connectivity index (χ0n) is 16.3. The average Bonchev–Trinajstić information content (AvgIpc) is 2.70. The summed E-state index contributed by atoms with van der Waals surface area (Å²) in [6, 6.07) is 7.65. The molecule has 30 heavy (non-hydrogen) atoms. The maximum Gasteiger partial charge on any atom is 0.272 e. The van der Waals surface area contributed by atoms with E-state index < -0.39 is 13.0 Å². The van der Waals surface area contributed by atoms with Crippen LogP contribution in [-0.2, 0) is 19.5 Å². The first kappa shape index (κ1) is 21.7. The fourth-order valence-corrected chi connectivity index (χ4v) is 3.70. The van der Waals surface area contributed by atoms with Gasteiger partial charge in [0.25, 0.3) is 6.43 Å². The van der Waals surface area contributed by atoms with Gasteiger partial charge in [0.15, 0.2) is 6.61 Å². The number of anilines is 1. The highest BCUT2D eigenvalue weighted by Crippen LogP contribution is 2.32. The van der Waals surface area contributed by atoms with E-state index in [0.717, 1.165) is 16.7 Å². The Morgan fingerprint density at radius 3 is 2.80 bits per heavy atom. The fourth-order valence-electron chi connectivity index (χ4n) is 3.46. The lowest BCUT2D eigenvalue weighted by Gasteiger charge is -2.30. The Kier molecular flexibility index (Phi) is 6.99. The molecular formula is C20H19ClF2N6O. The summed E-state index contributed by atoms with van der Waals surface area (Å²) in [5.41, 5.74) is 3.57. The highest BCUT2D eigenvalue weighted by atomic mass is 35.5. The van der Waals surface area contributed by atoms with Crippen molar-refractivity contribution < 1.29 is 13.5 Å². The van der Waals surface area contributed by atoms with Gasteiger partial charge in [0.05, 0.1) is 11.6 Å². The van der Waals surface area contributed by atoms with Gasteiger partial charge in [-0.2, -0.15) is 10.5 Å². The number of nitriles is 2. The maximum atomic E-state index is 12.4. The van der Waals surface area contributed by atoms with Crippen molar-refractivity contribution in [3.05, 3.63) is 45.2 Å². The third-order valence-electron chi connectivity index (χ3n) is 4.63. The number of halogens is 3. The van der Waals surface area contributed by atoms with E-state index in [-0.39, 0.29) is 17.6 Å². The summed E-state index contributed by atoms with van der Waals surface area (Å²) < 4.78 is 29.9. The number of nitrogens with one attached hydrogen (secondary N) is 1. The van der Waals surface area contributed by atoms with Crippen LogP contribution in [0.2, 0.25) is 5.15 Å². The first-order valence-electron chi connectivity index (χ1n) is 9.24. The summed E-state index contributed by atoms with van der Waals surface area (Å²) in [5.74, 6) is 0.659. The first-order chi connectivity index (χ1) is 14.4. The van der Waals surface area contributed by atoms with E-state index in [4.69, 9.17) is 21.6 Å². The number of rotatable bonds is 7. The minimum absolute atomic E-state index is 0.0655. The monoisotopic (exact) mass is 432 g/mol. The highest BCUT2D eigenvalue weighted by molar-refractivity contribution is 6.30. The highest BCUT2D eigenvalue weighted by Gasteiger charge is 2.25. The Labute approximate surface area is 177 Å². The number of pyridine rings is 2. The molecule has 1 N–H and O–H groups in total. The second-order valence-corrected chi connectivity index (χ2v) is 7.18. The number of alkyl halides is 2. The van der Waals surface area contributed by atoms with E-state index in [0.29, 0.717) is 43.1 Å². The number of hydrogen-bond donors (Lipinski definition) is 1. The van der Waals surface area contributed by atoms with Crippen LogP contribution in [-0.4, -0.2) is 41.0 Å². The molecule has 0 aromatic carbocycles. The second-order valence-electron chi connectivity index (χ2n) is 6.82. The number of aromatic nitrogens is 2. The molecule has 0 radical (unpaired) electrons. The lowest BCUT2D eigenvalue weighted by Crippen LogP contribution is -2.32. The van der Waals surface area contributed by atoms with Gasteiger partial charge in [0.2, 0.25) is 5.88 Å². The first-order valence-corrected chi connectivity index (χ1v) is 9.62. The molecule has 2 aromatic heterocycles. The van der Waals surface area contributed by atoms with Crippen molar-refractivity contribution in [3.8, 4) is 18.0 Å². The van der Waals surface area contributed by atoms with Gasteiger partial charge in [-0.05, 0) is 30.5 Å². The van der Waals surface area contributed by atoms with E-state index in [2.05, 4.69) is 26.3 Å². The van der Waals surface area contributed by atoms with Crippen LogP contribution in [0.5, 0.6) is 5.88 Å². The molecule has 2 aromatic rings. The van der Waals surface area contributed by atoms with E-state index >= 15 is 0 Å². The molecule has 3 heterocycles. The molecular weight excluding hydrogens is 414 g/mol. The quantitative estimate of drug-likeness (QED) is 0.528. The molecule has 0 spiro atoms. The molecule has 1 aliphatic heterocycles. The molecule has 0 atom stereocenters.